The van der Waals surface area contributed by atoms with E-state index < -0.39 is 0 Å². The van der Waals surface area contributed by atoms with E-state index in [1.807, 2.05) is 0 Å². The fourth-order valence-corrected chi connectivity index (χ4v) is 8.69. The van der Waals surface area contributed by atoms with Gasteiger partial charge in [-0.1, -0.05) is 39.3 Å². The predicted molar refractivity (Wildman–Crippen MR) is 122 cm³/mol. The van der Waals surface area contributed by atoms with Crippen LogP contribution in [0.25, 0.3) is 0 Å². The lowest BCUT2D eigenvalue weighted by molar-refractivity contribution is -0.0573. The van der Waals surface area contributed by atoms with E-state index in [-0.39, 0.29) is 6.10 Å². The molecule has 0 spiro atoms. The van der Waals surface area contributed by atoms with Crippen LogP contribution in [0, 0.1) is 58.7 Å². The molecule has 1 nitrogen and oxygen atoms in total. The highest BCUT2D eigenvalue weighted by Gasteiger charge is 2.59. The maximum atomic E-state index is 10.2. The highest BCUT2D eigenvalue weighted by Crippen LogP contribution is 2.67. The smallest absolute Gasteiger partial charge is 0.0577 e. The zero-order valence-corrected chi connectivity index (χ0v) is 19.4. The molecule has 0 heterocycles. The monoisotopic (exact) mass is 396 g/mol. The Balaban J connectivity index is 1.49. The summed E-state index contributed by atoms with van der Waals surface area (Å²) in [6.45, 7) is 9.96. The molecule has 0 amide bonds. The standard InChI is InChI=1S/C28H44O/c1-6-20(7-2)9-8-19(3)24-12-13-25-23-11-10-21-18-22(29)14-16-27(21,4)26(23)15-17-28(24,25)5/h1,10,19-20,22-26,29H,7-9,11-18H2,2-5H3. The first-order chi connectivity index (χ1) is 13.8. The van der Waals surface area contributed by atoms with Crippen molar-refractivity contribution in [3.8, 4) is 12.3 Å². The van der Waals surface area contributed by atoms with Gasteiger partial charge in [0.1, 0.15) is 0 Å². The van der Waals surface area contributed by atoms with Crippen molar-refractivity contribution >= 4 is 0 Å². The molecule has 0 aromatic heterocycles. The number of rotatable bonds is 5. The summed E-state index contributed by atoms with van der Waals surface area (Å²) >= 11 is 0. The van der Waals surface area contributed by atoms with Crippen LogP contribution >= 0.6 is 0 Å². The number of fused-ring (bicyclic) bond motifs is 5. The van der Waals surface area contributed by atoms with E-state index in [2.05, 4.69) is 39.7 Å². The first-order valence-corrected chi connectivity index (χ1v) is 12.7. The summed E-state index contributed by atoms with van der Waals surface area (Å²) in [4.78, 5) is 0. The third-order valence-electron chi connectivity index (χ3n) is 10.5. The minimum atomic E-state index is -0.0913. The minimum Gasteiger partial charge on any atom is -0.393 e. The second-order valence-electron chi connectivity index (χ2n) is 11.7. The van der Waals surface area contributed by atoms with Gasteiger partial charge in [0.05, 0.1) is 6.10 Å². The van der Waals surface area contributed by atoms with Gasteiger partial charge in [0.25, 0.3) is 0 Å². The van der Waals surface area contributed by atoms with Crippen molar-refractivity contribution in [1.29, 1.82) is 0 Å². The fraction of sp³-hybridized carbons (Fsp3) is 0.857. The lowest BCUT2D eigenvalue weighted by atomic mass is 9.47. The lowest BCUT2D eigenvalue weighted by Crippen LogP contribution is -2.50. The molecule has 0 radical (unpaired) electrons. The summed E-state index contributed by atoms with van der Waals surface area (Å²) in [7, 11) is 0. The maximum absolute atomic E-state index is 10.2. The van der Waals surface area contributed by atoms with Gasteiger partial charge in [-0.2, -0.15) is 0 Å². The molecular formula is C28H44O. The third kappa shape index (κ3) is 3.52. The zero-order chi connectivity index (χ0) is 20.8. The van der Waals surface area contributed by atoms with Crippen LogP contribution in [0.1, 0.15) is 98.3 Å². The first-order valence-electron chi connectivity index (χ1n) is 12.7. The molecule has 29 heavy (non-hydrogen) atoms. The Morgan fingerprint density at radius 1 is 1.14 bits per heavy atom. The first kappa shape index (κ1) is 21.5. The summed E-state index contributed by atoms with van der Waals surface area (Å²) in [6, 6.07) is 0. The van der Waals surface area contributed by atoms with E-state index in [9.17, 15) is 5.11 Å². The number of allylic oxidation sites excluding steroid dienone is 1. The van der Waals surface area contributed by atoms with Gasteiger partial charge in [0.2, 0.25) is 0 Å². The van der Waals surface area contributed by atoms with Crippen molar-refractivity contribution in [2.75, 3.05) is 0 Å². The van der Waals surface area contributed by atoms with Crippen molar-refractivity contribution < 1.29 is 5.11 Å². The van der Waals surface area contributed by atoms with Gasteiger partial charge in [-0.15, -0.1) is 12.3 Å². The molecule has 9 atom stereocenters. The second kappa shape index (κ2) is 8.07. The van der Waals surface area contributed by atoms with Gasteiger partial charge >= 0.3 is 0 Å². The number of hydrogen-bond donors (Lipinski definition) is 1. The normalized spacial score (nSPS) is 45.9. The second-order valence-corrected chi connectivity index (χ2v) is 11.7. The van der Waals surface area contributed by atoms with Crippen LogP contribution < -0.4 is 0 Å². The van der Waals surface area contributed by atoms with Crippen molar-refractivity contribution in [3.63, 3.8) is 0 Å². The minimum absolute atomic E-state index is 0.0913. The molecule has 0 saturated heterocycles. The summed E-state index contributed by atoms with van der Waals surface area (Å²) in [6.07, 6.45) is 22.0. The molecule has 3 saturated carbocycles. The van der Waals surface area contributed by atoms with E-state index in [4.69, 9.17) is 6.42 Å². The number of aliphatic hydroxyl groups excluding tert-OH is 1. The van der Waals surface area contributed by atoms with Crippen LogP contribution in [0.15, 0.2) is 11.6 Å². The van der Waals surface area contributed by atoms with E-state index >= 15 is 0 Å². The van der Waals surface area contributed by atoms with E-state index in [0.717, 1.165) is 48.9 Å². The quantitative estimate of drug-likeness (QED) is 0.392. The lowest BCUT2D eigenvalue weighted by Gasteiger charge is -2.58. The van der Waals surface area contributed by atoms with Crippen LogP contribution in [0.3, 0.4) is 0 Å². The van der Waals surface area contributed by atoms with Crippen LogP contribution in [-0.4, -0.2) is 11.2 Å². The Morgan fingerprint density at radius 2 is 1.93 bits per heavy atom. The molecule has 4 aliphatic rings. The molecule has 0 aromatic carbocycles. The maximum Gasteiger partial charge on any atom is 0.0577 e. The van der Waals surface area contributed by atoms with E-state index in [1.165, 1.54) is 51.4 Å². The summed E-state index contributed by atoms with van der Waals surface area (Å²) in [5.41, 5.74) is 2.51. The van der Waals surface area contributed by atoms with Gasteiger partial charge in [-0.25, -0.2) is 0 Å². The fourth-order valence-electron chi connectivity index (χ4n) is 8.69. The Kier molecular flexibility index (Phi) is 5.98. The topological polar surface area (TPSA) is 20.2 Å². The molecule has 4 aliphatic carbocycles. The van der Waals surface area contributed by atoms with Crippen LogP contribution in [0.2, 0.25) is 0 Å². The van der Waals surface area contributed by atoms with Gasteiger partial charge in [-0.3, -0.25) is 0 Å². The molecule has 1 N–H and O–H groups in total. The Hall–Kier alpha value is -0.740. The van der Waals surface area contributed by atoms with Gasteiger partial charge in [0.15, 0.2) is 0 Å². The van der Waals surface area contributed by atoms with Crippen molar-refractivity contribution in [3.05, 3.63) is 11.6 Å². The van der Waals surface area contributed by atoms with Crippen molar-refractivity contribution in [1.82, 2.24) is 0 Å². The molecule has 0 bridgehead atoms. The van der Waals surface area contributed by atoms with Gasteiger partial charge in [-0.05, 0) is 111 Å². The van der Waals surface area contributed by atoms with Crippen LogP contribution in [0.4, 0.5) is 0 Å². The zero-order valence-electron chi connectivity index (χ0n) is 19.4. The van der Waals surface area contributed by atoms with Crippen LogP contribution in [0.5, 0.6) is 0 Å². The summed E-state index contributed by atoms with van der Waals surface area (Å²) in [5.74, 6) is 7.81. The molecule has 1 heteroatoms. The largest absolute Gasteiger partial charge is 0.393 e. The van der Waals surface area contributed by atoms with E-state index in [0.29, 0.717) is 16.7 Å². The Bertz CT molecular complexity index is 670. The predicted octanol–water partition coefficient (Wildman–Crippen LogP) is 7.00. The van der Waals surface area contributed by atoms with E-state index in [1.54, 1.807) is 5.57 Å². The average Bonchev–Trinajstić information content (AvgIpc) is 3.06. The molecule has 3 fully saturated rings. The van der Waals surface area contributed by atoms with Gasteiger partial charge in [0, 0.05) is 5.92 Å². The molecule has 9 unspecified atom stereocenters. The van der Waals surface area contributed by atoms with Crippen LogP contribution in [-0.2, 0) is 0 Å². The SMILES string of the molecule is C#CC(CC)CCC(C)C1CCC2C3CC=C4CC(O)CCC4(C)C3CCC12C. The summed E-state index contributed by atoms with van der Waals surface area (Å²) in [5, 5.41) is 10.2. The molecule has 0 aliphatic heterocycles. The van der Waals surface area contributed by atoms with Gasteiger partial charge < -0.3 is 5.11 Å². The molecule has 0 aromatic rings. The highest BCUT2D eigenvalue weighted by molar-refractivity contribution is 5.25. The number of terminal acetylenes is 1. The highest BCUT2D eigenvalue weighted by atomic mass is 16.3. The summed E-state index contributed by atoms with van der Waals surface area (Å²) < 4.78 is 0. The van der Waals surface area contributed by atoms with Crippen molar-refractivity contribution in [2.24, 2.45) is 46.3 Å². The molecule has 4 rings (SSSR count). The average molecular weight is 397 g/mol. The molecule has 162 valence electrons. The third-order valence-corrected chi connectivity index (χ3v) is 10.5. The number of aliphatic hydroxyl groups is 1. The number of hydrogen-bond acceptors (Lipinski definition) is 1. The Morgan fingerprint density at radius 3 is 2.66 bits per heavy atom. The van der Waals surface area contributed by atoms with Crippen molar-refractivity contribution in [2.45, 2.75) is 104 Å². The molecular weight excluding hydrogens is 352 g/mol. The Labute approximate surface area is 180 Å².